The van der Waals surface area contributed by atoms with Crippen LogP contribution < -0.4 is 5.56 Å². The molecule has 6 heteroatoms. The van der Waals surface area contributed by atoms with Crippen LogP contribution >= 0.6 is 0 Å². The zero-order chi connectivity index (χ0) is 15.9. The summed E-state index contributed by atoms with van der Waals surface area (Å²) in [5.74, 6) is 0.759. The molecule has 0 amide bonds. The lowest BCUT2D eigenvalue weighted by Gasteiger charge is -2.16. The third kappa shape index (κ3) is 2.11. The van der Waals surface area contributed by atoms with Gasteiger partial charge in [-0.1, -0.05) is 6.07 Å². The predicted molar refractivity (Wildman–Crippen MR) is 85.0 cm³/mol. The van der Waals surface area contributed by atoms with Crippen molar-refractivity contribution in [2.24, 2.45) is 0 Å². The molecule has 2 aromatic heterocycles. The Morgan fingerprint density at radius 1 is 1.23 bits per heavy atom. The molecule has 0 radical (unpaired) electrons. The first-order valence-corrected chi connectivity index (χ1v) is 7.39. The first kappa shape index (κ1) is 14.4. The molecule has 0 N–H and O–H groups in total. The zero-order valence-corrected chi connectivity index (χ0v) is 13.2. The summed E-state index contributed by atoms with van der Waals surface area (Å²) in [6.45, 7) is 8.66. The van der Waals surface area contributed by atoms with Crippen molar-refractivity contribution in [1.82, 2.24) is 24.3 Å². The first-order chi connectivity index (χ1) is 10.5. The molecule has 22 heavy (non-hydrogen) atoms. The van der Waals surface area contributed by atoms with Gasteiger partial charge in [-0.2, -0.15) is 5.10 Å². The van der Waals surface area contributed by atoms with Crippen molar-refractivity contribution in [2.75, 3.05) is 0 Å². The van der Waals surface area contributed by atoms with Crippen molar-refractivity contribution in [1.29, 1.82) is 0 Å². The van der Waals surface area contributed by atoms with Gasteiger partial charge in [-0.05, 0) is 44.9 Å². The number of aromatic nitrogens is 5. The van der Waals surface area contributed by atoms with Crippen LogP contribution in [-0.2, 0) is 6.54 Å². The smallest absolute Gasteiger partial charge is 0.261 e. The molecule has 0 aliphatic heterocycles. The van der Waals surface area contributed by atoms with Crippen LogP contribution in [0.2, 0.25) is 0 Å². The molecule has 0 bridgehead atoms. The van der Waals surface area contributed by atoms with Gasteiger partial charge in [0.2, 0.25) is 0 Å². The molecule has 2 heterocycles. The second kappa shape index (κ2) is 5.36. The molecule has 3 rings (SSSR count). The van der Waals surface area contributed by atoms with Gasteiger partial charge in [0.25, 0.3) is 5.56 Å². The Morgan fingerprint density at radius 3 is 2.73 bits per heavy atom. The summed E-state index contributed by atoms with van der Waals surface area (Å²) >= 11 is 0. The summed E-state index contributed by atoms with van der Waals surface area (Å²) in [5.41, 5.74) is 2.90. The molecule has 6 nitrogen and oxygen atoms in total. The highest BCUT2D eigenvalue weighted by Crippen LogP contribution is 2.18. The Bertz CT molecular complexity index is 893. The van der Waals surface area contributed by atoms with Crippen LogP contribution in [0.3, 0.4) is 0 Å². The number of hydrogen-bond donors (Lipinski definition) is 0. The fourth-order valence-corrected chi connectivity index (χ4v) is 2.69. The van der Waals surface area contributed by atoms with Gasteiger partial charge < -0.3 is 0 Å². The van der Waals surface area contributed by atoms with E-state index in [-0.39, 0.29) is 11.6 Å². The van der Waals surface area contributed by atoms with Crippen LogP contribution in [-0.4, -0.2) is 24.3 Å². The maximum Gasteiger partial charge on any atom is 0.261 e. The lowest BCUT2D eigenvalue weighted by molar-refractivity contribution is 0.514. The first-order valence-electron chi connectivity index (χ1n) is 7.39. The molecule has 1 atom stereocenters. The average molecular weight is 297 g/mol. The van der Waals surface area contributed by atoms with Gasteiger partial charge in [-0.3, -0.25) is 9.36 Å². The molecule has 3 aromatic rings. The molecule has 0 saturated carbocycles. The largest absolute Gasteiger partial charge is 0.288 e. The van der Waals surface area contributed by atoms with Gasteiger partial charge in [-0.15, -0.1) is 0 Å². The number of hydrogen-bond acceptors (Lipinski definition) is 4. The van der Waals surface area contributed by atoms with E-state index in [1.54, 1.807) is 15.6 Å². The van der Waals surface area contributed by atoms with Crippen molar-refractivity contribution >= 4 is 10.9 Å². The minimum absolute atomic E-state index is 0.0498. The summed E-state index contributed by atoms with van der Waals surface area (Å²) in [4.78, 5) is 21.6. The fourth-order valence-electron chi connectivity index (χ4n) is 2.69. The van der Waals surface area contributed by atoms with Gasteiger partial charge in [0.1, 0.15) is 12.2 Å². The third-order valence-corrected chi connectivity index (χ3v) is 4.21. The van der Waals surface area contributed by atoms with Crippen molar-refractivity contribution in [3.8, 4) is 0 Å². The molecule has 0 aliphatic rings. The molecular formula is C16H19N5O. The lowest BCUT2D eigenvalue weighted by Crippen LogP contribution is -2.26. The Labute approximate surface area is 128 Å². The van der Waals surface area contributed by atoms with Crippen LogP contribution in [0, 0.1) is 13.8 Å². The standard InChI is InChI=1S/C16H19N5O/c1-5-21-15(17-8-19-21)12(4)20-9-18-14-11(3)10(2)6-7-13(14)16(20)22/h6-9,12H,5H2,1-4H3/t12-/m1/s1. The maximum atomic E-state index is 12.8. The highest BCUT2D eigenvalue weighted by molar-refractivity contribution is 5.81. The van der Waals surface area contributed by atoms with E-state index >= 15 is 0 Å². The number of nitrogens with zero attached hydrogens (tertiary/aromatic N) is 5. The normalized spacial score (nSPS) is 12.7. The van der Waals surface area contributed by atoms with E-state index < -0.39 is 0 Å². The van der Waals surface area contributed by atoms with Crippen LogP contribution in [0.4, 0.5) is 0 Å². The SMILES string of the molecule is CCn1ncnc1[C@@H](C)n1cnc2c(C)c(C)ccc2c1=O. The quantitative estimate of drug-likeness (QED) is 0.743. The second-order valence-electron chi connectivity index (χ2n) is 5.47. The topological polar surface area (TPSA) is 65.6 Å². The second-order valence-corrected chi connectivity index (χ2v) is 5.47. The minimum atomic E-state index is -0.214. The molecule has 0 fully saturated rings. The van der Waals surface area contributed by atoms with Crippen molar-refractivity contribution in [3.63, 3.8) is 0 Å². The van der Waals surface area contributed by atoms with E-state index in [4.69, 9.17) is 0 Å². The van der Waals surface area contributed by atoms with E-state index in [1.165, 1.54) is 6.33 Å². The summed E-state index contributed by atoms with van der Waals surface area (Å²) in [7, 11) is 0. The Morgan fingerprint density at radius 2 is 2.00 bits per heavy atom. The lowest BCUT2D eigenvalue weighted by atomic mass is 10.1. The van der Waals surface area contributed by atoms with Gasteiger partial charge in [0, 0.05) is 6.54 Å². The molecule has 0 saturated heterocycles. The van der Waals surface area contributed by atoms with E-state index in [0.29, 0.717) is 11.9 Å². The molecule has 114 valence electrons. The molecule has 0 spiro atoms. The van der Waals surface area contributed by atoms with Crippen LogP contribution in [0.25, 0.3) is 10.9 Å². The van der Waals surface area contributed by atoms with Crippen molar-refractivity contribution in [2.45, 2.75) is 40.3 Å². The Hall–Kier alpha value is -2.50. The van der Waals surface area contributed by atoms with Gasteiger partial charge >= 0.3 is 0 Å². The van der Waals surface area contributed by atoms with Crippen LogP contribution in [0.1, 0.15) is 36.8 Å². The van der Waals surface area contributed by atoms with E-state index in [2.05, 4.69) is 15.1 Å². The highest BCUT2D eigenvalue weighted by Gasteiger charge is 2.17. The summed E-state index contributed by atoms with van der Waals surface area (Å²) in [6, 6.07) is 3.60. The predicted octanol–water partition coefficient (Wildman–Crippen LogP) is 2.23. The van der Waals surface area contributed by atoms with Crippen molar-refractivity contribution in [3.05, 3.63) is 52.1 Å². The number of fused-ring (bicyclic) bond motifs is 1. The van der Waals surface area contributed by atoms with Crippen LogP contribution in [0.15, 0.2) is 29.6 Å². The summed E-state index contributed by atoms with van der Waals surface area (Å²) in [5, 5.41) is 4.81. The van der Waals surface area contributed by atoms with Gasteiger partial charge in [0.05, 0.1) is 23.3 Å². The van der Waals surface area contributed by atoms with Crippen molar-refractivity contribution < 1.29 is 0 Å². The van der Waals surface area contributed by atoms with E-state index in [0.717, 1.165) is 22.5 Å². The monoisotopic (exact) mass is 297 g/mol. The Kier molecular flexibility index (Phi) is 3.52. The number of rotatable bonds is 3. The molecular weight excluding hydrogens is 278 g/mol. The fraction of sp³-hybridized carbons (Fsp3) is 0.375. The molecule has 0 aliphatic carbocycles. The average Bonchev–Trinajstić information content (AvgIpc) is 2.99. The highest BCUT2D eigenvalue weighted by atomic mass is 16.1. The van der Waals surface area contributed by atoms with Crippen LogP contribution in [0.5, 0.6) is 0 Å². The maximum absolute atomic E-state index is 12.8. The van der Waals surface area contributed by atoms with E-state index in [9.17, 15) is 4.79 Å². The summed E-state index contributed by atoms with van der Waals surface area (Å²) in [6.07, 6.45) is 3.12. The zero-order valence-electron chi connectivity index (χ0n) is 13.2. The summed E-state index contributed by atoms with van der Waals surface area (Å²) < 4.78 is 3.41. The third-order valence-electron chi connectivity index (χ3n) is 4.21. The van der Waals surface area contributed by atoms with E-state index in [1.807, 2.05) is 39.8 Å². The van der Waals surface area contributed by atoms with Gasteiger partial charge in [-0.25, -0.2) is 14.6 Å². The van der Waals surface area contributed by atoms with Gasteiger partial charge in [0.15, 0.2) is 0 Å². The number of aryl methyl sites for hydroxylation is 3. The number of benzene rings is 1. The Balaban J connectivity index is 2.19. The molecule has 0 unspecified atom stereocenters. The minimum Gasteiger partial charge on any atom is -0.288 e. The molecule has 1 aromatic carbocycles.